The second-order valence-electron chi connectivity index (χ2n) is 7.21. The number of benzene rings is 1. The minimum absolute atomic E-state index is 0.419. The van der Waals surface area contributed by atoms with Gasteiger partial charge in [0, 0.05) is 28.0 Å². The van der Waals surface area contributed by atoms with Crippen molar-refractivity contribution in [1.82, 2.24) is 0 Å². The smallest absolute Gasteiger partial charge is 0.138 e. The topological polar surface area (TPSA) is 26.3 Å². The van der Waals surface area contributed by atoms with Gasteiger partial charge in [-0.1, -0.05) is 39.5 Å². The Hall–Kier alpha value is -2.42. The Bertz CT molecular complexity index is 1020. The molecule has 0 bridgehead atoms. The summed E-state index contributed by atoms with van der Waals surface area (Å²) in [7, 11) is 2.10. The second-order valence-corrected chi connectivity index (χ2v) is 7.21. The first-order valence-corrected chi connectivity index (χ1v) is 8.77. The van der Waals surface area contributed by atoms with Gasteiger partial charge in [0.05, 0.1) is 0 Å². The molecule has 2 aromatic heterocycles. The van der Waals surface area contributed by atoms with E-state index in [1.54, 1.807) is 0 Å². The van der Waals surface area contributed by atoms with Crippen LogP contribution in [0.2, 0.25) is 0 Å². The van der Waals surface area contributed by atoms with Crippen LogP contribution in [0.1, 0.15) is 43.4 Å². The summed E-state index contributed by atoms with van der Waals surface area (Å²) < 4.78 is 12.0. The summed E-state index contributed by atoms with van der Waals surface area (Å²) >= 11 is 0. The maximum absolute atomic E-state index is 6.01. The fourth-order valence-corrected chi connectivity index (χ4v) is 3.25. The van der Waals surface area contributed by atoms with Gasteiger partial charge in [0.25, 0.3) is 0 Å². The molecule has 0 fully saturated rings. The van der Waals surface area contributed by atoms with Gasteiger partial charge >= 0.3 is 0 Å². The molecule has 0 aliphatic heterocycles. The van der Waals surface area contributed by atoms with Crippen LogP contribution in [-0.2, 0) is 0 Å². The van der Waals surface area contributed by atoms with Crippen LogP contribution in [0, 0.1) is 19.8 Å². The third kappa shape index (κ3) is 3.11. The van der Waals surface area contributed by atoms with Crippen LogP contribution in [-0.4, -0.2) is 7.85 Å². The minimum atomic E-state index is 0.419. The molecule has 0 saturated heterocycles. The first-order valence-electron chi connectivity index (χ1n) is 8.77. The third-order valence-electron chi connectivity index (χ3n) is 4.59. The summed E-state index contributed by atoms with van der Waals surface area (Å²) in [6, 6.07) is 4.20. The lowest BCUT2D eigenvalue weighted by Crippen LogP contribution is -1.90. The van der Waals surface area contributed by atoms with Gasteiger partial charge in [-0.05, 0) is 37.5 Å². The van der Waals surface area contributed by atoms with E-state index in [1.807, 2.05) is 26.0 Å². The highest BCUT2D eigenvalue weighted by atomic mass is 16.3. The van der Waals surface area contributed by atoms with Crippen molar-refractivity contribution in [3.05, 3.63) is 58.5 Å². The van der Waals surface area contributed by atoms with Crippen LogP contribution < -0.4 is 0 Å². The molecule has 2 nitrogen and oxygen atoms in total. The highest BCUT2D eigenvalue weighted by Crippen LogP contribution is 2.36. The van der Waals surface area contributed by atoms with Gasteiger partial charge < -0.3 is 8.83 Å². The van der Waals surface area contributed by atoms with E-state index < -0.39 is 0 Å². The van der Waals surface area contributed by atoms with E-state index >= 15 is 0 Å². The molecular formula is C22H25BO2. The number of furan rings is 2. The van der Waals surface area contributed by atoms with Gasteiger partial charge in [0.15, 0.2) is 0 Å². The molecule has 0 amide bonds. The van der Waals surface area contributed by atoms with Crippen molar-refractivity contribution < 1.29 is 8.83 Å². The molecule has 3 heteroatoms. The maximum Gasteiger partial charge on any atom is 0.138 e. The second kappa shape index (κ2) is 6.47. The molecule has 0 N–H and O–H groups in total. The Morgan fingerprint density at radius 2 is 1.52 bits per heavy atom. The van der Waals surface area contributed by atoms with Crippen molar-refractivity contribution in [2.45, 2.75) is 34.6 Å². The van der Waals surface area contributed by atoms with Crippen LogP contribution in [0.5, 0.6) is 0 Å². The summed E-state index contributed by atoms with van der Waals surface area (Å²) in [4.78, 5) is 0. The number of allylic oxidation sites excluding steroid dienone is 3. The van der Waals surface area contributed by atoms with Gasteiger partial charge in [0.2, 0.25) is 0 Å². The van der Waals surface area contributed by atoms with Gasteiger partial charge in [-0.25, -0.2) is 0 Å². The zero-order chi connectivity index (χ0) is 18.3. The summed E-state index contributed by atoms with van der Waals surface area (Å²) in [5, 5.41) is 2.25. The van der Waals surface area contributed by atoms with Crippen molar-refractivity contribution in [3.8, 4) is 0 Å². The Balaban J connectivity index is 2.33. The average Bonchev–Trinajstić information content (AvgIpc) is 2.98. The first-order chi connectivity index (χ1) is 11.8. The highest BCUT2D eigenvalue weighted by Gasteiger charge is 2.16. The van der Waals surface area contributed by atoms with Gasteiger partial charge in [-0.3, -0.25) is 0 Å². The Labute approximate surface area is 150 Å². The van der Waals surface area contributed by atoms with Crippen LogP contribution in [0.4, 0.5) is 0 Å². The minimum Gasteiger partial charge on any atom is -0.461 e. The molecule has 0 unspecified atom stereocenters. The zero-order valence-corrected chi connectivity index (χ0v) is 16.0. The average molecular weight is 332 g/mol. The molecule has 3 aromatic rings. The van der Waals surface area contributed by atoms with Gasteiger partial charge in [-0.2, -0.15) is 0 Å². The molecule has 128 valence electrons. The molecule has 0 atom stereocenters. The van der Waals surface area contributed by atoms with E-state index in [2.05, 4.69) is 53.4 Å². The van der Waals surface area contributed by atoms with Crippen LogP contribution in [0.3, 0.4) is 0 Å². The normalized spacial score (nSPS) is 13.4. The molecule has 0 aliphatic carbocycles. The Kier molecular flexibility index (Phi) is 4.51. The highest BCUT2D eigenvalue weighted by molar-refractivity contribution is 6.24. The van der Waals surface area contributed by atoms with Gasteiger partial charge in [-0.15, -0.1) is 5.47 Å². The molecule has 2 heterocycles. The summed E-state index contributed by atoms with van der Waals surface area (Å²) in [6.07, 6.45) is 6.30. The lowest BCUT2D eigenvalue weighted by atomic mass is 9.94. The van der Waals surface area contributed by atoms with E-state index in [0.717, 1.165) is 44.6 Å². The Morgan fingerprint density at radius 1 is 1.00 bits per heavy atom. The van der Waals surface area contributed by atoms with Crippen molar-refractivity contribution in [3.63, 3.8) is 0 Å². The van der Waals surface area contributed by atoms with E-state index in [9.17, 15) is 0 Å². The van der Waals surface area contributed by atoms with Crippen LogP contribution in [0.25, 0.3) is 34.1 Å². The quantitative estimate of drug-likeness (QED) is 0.432. The molecule has 1 aromatic carbocycles. The predicted molar refractivity (Wildman–Crippen MR) is 111 cm³/mol. The van der Waals surface area contributed by atoms with E-state index in [-0.39, 0.29) is 0 Å². The van der Waals surface area contributed by atoms with Crippen LogP contribution in [0.15, 0.2) is 44.7 Å². The fraction of sp³-hybridized carbons (Fsp3) is 0.273. The molecule has 25 heavy (non-hydrogen) atoms. The standard InChI is InChI=1S/C22H25BO2/c1-7-16(12(2)3)9-18-15(6)25-22-11-21-19(10-20(18)22)17(8-13(4)23)14(5)24-21/h7-12H,1,23H2,2-6H3/b13-8+,16-9+. The van der Waals surface area contributed by atoms with Crippen molar-refractivity contribution in [2.24, 2.45) is 5.92 Å². The van der Waals surface area contributed by atoms with Crippen molar-refractivity contribution >= 4 is 41.9 Å². The lowest BCUT2D eigenvalue weighted by molar-refractivity contribution is 0.567. The molecule has 0 radical (unpaired) electrons. The molecule has 0 saturated carbocycles. The first kappa shape index (κ1) is 17.4. The zero-order valence-electron chi connectivity index (χ0n) is 16.0. The van der Waals surface area contributed by atoms with E-state index in [1.165, 1.54) is 11.0 Å². The number of hydrogen-bond donors (Lipinski definition) is 0. The number of fused-ring (bicyclic) bond motifs is 2. The van der Waals surface area contributed by atoms with E-state index in [4.69, 9.17) is 8.83 Å². The third-order valence-corrected chi connectivity index (χ3v) is 4.59. The molecular weight excluding hydrogens is 307 g/mol. The fourth-order valence-electron chi connectivity index (χ4n) is 3.25. The maximum atomic E-state index is 6.01. The molecule has 0 spiro atoms. The number of hydrogen-bond acceptors (Lipinski definition) is 2. The lowest BCUT2D eigenvalue weighted by Gasteiger charge is -2.05. The Morgan fingerprint density at radius 3 is 1.96 bits per heavy atom. The summed E-state index contributed by atoms with van der Waals surface area (Å²) in [5.41, 5.74) is 6.47. The summed E-state index contributed by atoms with van der Waals surface area (Å²) in [5.74, 6) is 2.28. The number of aryl methyl sites for hydroxylation is 2. The number of rotatable bonds is 4. The predicted octanol–water partition coefficient (Wildman–Crippen LogP) is 6.02. The molecule has 0 aliphatic rings. The SMILES string of the molecule is B/C(C)=C/c1c(C)oc2cc3oc(C)c(/C=C(\C=C)C(C)C)c3cc12. The summed E-state index contributed by atoms with van der Waals surface area (Å²) in [6.45, 7) is 14.4. The monoisotopic (exact) mass is 332 g/mol. The van der Waals surface area contributed by atoms with Crippen molar-refractivity contribution in [2.75, 3.05) is 0 Å². The van der Waals surface area contributed by atoms with Crippen LogP contribution >= 0.6 is 0 Å². The van der Waals surface area contributed by atoms with Gasteiger partial charge in [0.1, 0.15) is 30.5 Å². The van der Waals surface area contributed by atoms with E-state index in [0.29, 0.717) is 5.92 Å². The largest absolute Gasteiger partial charge is 0.461 e. The van der Waals surface area contributed by atoms with Crippen molar-refractivity contribution in [1.29, 1.82) is 0 Å². The molecule has 3 rings (SSSR count).